The maximum Gasteiger partial charge on any atom is 0.407 e. The molecule has 0 saturated heterocycles. The fraction of sp³-hybridized carbons (Fsp3) is 0.375. The van der Waals surface area contributed by atoms with E-state index in [2.05, 4.69) is 34.9 Å². The van der Waals surface area contributed by atoms with Crippen LogP contribution in [0.2, 0.25) is 0 Å². The number of hydrogen-bond donors (Lipinski definition) is 3. The van der Waals surface area contributed by atoms with E-state index in [1.165, 1.54) is 11.1 Å². The molecule has 0 spiro atoms. The van der Waals surface area contributed by atoms with E-state index >= 15 is 0 Å². The van der Waals surface area contributed by atoms with Gasteiger partial charge in [0.25, 0.3) is 0 Å². The van der Waals surface area contributed by atoms with Crippen molar-refractivity contribution in [3.05, 3.63) is 59.7 Å². The molecule has 0 radical (unpaired) electrons. The van der Waals surface area contributed by atoms with Crippen LogP contribution >= 0.6 is 0 Å². The molecule has 0 bridgehead atoms. The van der Waals surface area contributed by atoms with Gasteiger partial charge in [-0.2, -0.15) is 0 Å². The van der Waals surface area contributed by atoms with Crippen molar-refractivity contribution in [2.45, 2.75) is 31.7 Å². The van der Waals surface area contributed by atoms with Crippen LogP contribution in [0.4, 0.5) is 4.79 Å². The number of rotatable bonds is 11. The monoisotopic (exact) mass is 440 g/mol. The number of carboxylic acid groups (broad SMARTS) is 1. The van der Waals surface area contributed by atoms with Gasteiger partial charge in [-0.15, -0.1) is 0 Å². The van der Waals surface area contributed by atoms with Crippen molar-refractivity contribution in [2.75, 3.05) is 26.4 Å². The van der Waals surface area contributed by atoms with E-state index in [9.17, 15) is 14.4 Å². The largest absolute Gasteiger partial charge is 0.480 e. The summed E-state index contributed by atoms with van der Waals surface area (Å²) in [6.07, 6.45) is 0.164. The van der Waals surface area contributed by atoms with Gasteiger partial charge in [-0.05, 0) is 35.6 Å². The second kappa shape index (κ2) is 11.3. The molecule has 1 aliphatic rings. The van der Waals surface area contributed by atoms with Crippen LogP contribution in [0, 0.1) is 0 Å². The molecule has 1 aliphatic carbocycles. The Morgan fingerprint density at radius 2 is 1.66 bits per heavy atom. The number of carboxylic acids is 1. The van der Waals surface area contributed by atoms with E-state index in [1.54, 1.807) is 0 Å². The molecule has 170 valence electrons. The summed E-state index contributed by atoms with van der Waals surface area (Å²) in [6.45, 7) is 2.02. The average molecular weight is 440 g/mol. The average Bonchev–Trinajstić information content (AvgIpc) is 3.09. The van der Waals surface area contributed by atoms with Gasteiger partial charge in [-0.3, -0.25) is 4.79 Å². The zero-order valence-corrected chi connectivity index (χ0v) is 18.0. The smallest absolute Gasteiger partial charge is 0.407 e. The number of aliphatic carboxylic acids is 1. The topological polar surface area (TPSA) is 114 Å². The molecule has 32 heavy (non-hydrogen) atoms. The number of carbonyl (C=O) groups excluding carboxylic acids is 2. The predicted molar refractivity (Wildman–Crippen MR) is 118 cm³/mol. The van der Waals surface area contributed by atoms with Crippen molar-refractivity contribution in [1.82, 2.24) is 10.6 Å². The molecule has 0 aromatic heterocycles. The lowest BCUT2D eigenvalue weighted by molar-refractivity contribution is -0.142. The Balaban J connectivity index is 1.39. The number of amides is 2. The number of ether oxygens (including phenoxy) is 2. The second-order valence-electron chi connectivity index (χ2n) is 7.71. The van der Waals surface area contributed by atoms with Gasteiger partial charge in [-0.25, -0.2) is 9.59 Å². The lowest BCUT2D eigenvalue weighted by atomic mass is 9.98. The first-order valence-corrected chi connectivity index (χ1v) is 10.6. The van der Waals surface area contributed by atoms with Gasteiger partial charge in [-0.1, -0.05) is 48.5 Å². The number of fused-ring (bicyclic) bond motifs is 3. The van der Waals surface area contributed by atoms with Crippen molar-refractivity contribution in [3.8, 4) is 11.1 Å². The number of benzene rings is 2. The van der Waals surface area contributed by atoms with E-state index in [0.29, 0.717) is 6.42 Å². The predicted octanol–water partition coefficient (Wildman–Crippen LogP) is 2.91. The fourth-order valence-corrected chi connectivity index (χ4v) is 3.77. The molecule has 0 heterocycles. The summed E-state index contributed by atoms with van der Waals surface area (Å²) in [7, 11) is 0. The first-order chi connectivity index (χ1) is 15.5. The molecule has 3 N–H and O–H groups in total. The molecule has 8 heteroatoms. The summed E-state index contributed by atoms with van der Waals surface area (Å²) >= 11 is 0. The normalized spacial score (nSPS) is 13.0. The molecule has 0 fully saturated rings. The summed E-state index contributed by atoms with van der Waals surface area (Å²) in [5.74, 6) is -1.24. The molecule has 2 amide bonds. The Morgan fingerprint density at radius 1 is 1.03 bits per heavy atom. The van der Waals surface area contributed by atoms with Crippen molar-refractivity contribution in [2.24, 2.45) is 0 Å². The number of nitrogens with one attached hydrogen (secondary N) is 2. The van der Waals surface area contributed by atoms with Crippen molar-refractivity contribution in [3.63, 3.8) is 0 Å². The van der Waals surface area contributed by atoms with Gasteiger partial charge in [0.05, 0.1) is 6.61 Å². The quantitative estimate of drug-likeness (QED) is 0.463. The molecular weight excluding hydrogens is 412 g/mol. The van der Waals surface area contributed by atoms with Crippen LogP contribution in [0.3, 0.4) is 0 Å². The van der Waals surface area contributed by atoms with E-state index in [-0.39, 0.29) is 44.0 Å². The lowest BCUT2D eigenvalue weighted by Crippen LogP contribution is -2.35. The summed E-state index contributed by atoms with van der Waals surface area (Å²) in [5.41, 5.74) is 4.65. The van der Waals surface area contributed by atoms with Crippen LogP contribution in [-0.4, -0.2) is 55.5 Å². The highest BCUT2D eigenvalue weighted by Gasteiger charge is 2.29. The maximum atomic E-state index is 12.3. The van der Waals surface area contributed by atoms with Crippen LogP contribution in [-0.2, 0) is 19.1 Å². The van der Waals surface area contributed by atoms with E-state index < -0.39 is 18.7 Å². The molecule has 8 nitrogen and oxygen atoms in total. The number of carbonyl (C=O) groups is 3. The standard InChI is InChI=1S/C24H28N2O6/c1-16(10-11-22(27)25-12-13-31-15-23(28)29)26-24(30)32-14-21-19-8-4-2-6-17(19)18-7-3-5-9-20(18)21/h2-9,16,21H,10-15H2,1H3,(H,25,27)(H,26,30)(H,28,29). The molecule has 1 atom stereocenters. The second-order valence-corrected chi connectivity index (χ2v) is 7.71. The molecule has 2 aromatic carbocycles. The molecule has 0 aliphatic heterocycles. The summed E-state index contributed by atoms with van der Waals surface area (Å²) in [6, 6.07) is 16.1. The van der Waals surface area contributed by atoms with E-state index in [4.69, 9.17) is 14.6 Å². The third-order valence-corrected chi connectivity index (χ3v) is 5.31. The van der Waals surface area contributed by atoms with Crippen LogP contribution in [0.1, 0.15) is 36.8 Å². The number of alkyl carbamates (subject to hydrolysis) is 1. The van der Waals surface area contributed by atoms with E-state index in [0.717, 1.165) is 11.1 Å². The summed E-state index contributed by atoms with van der Waals surface area (Å²) in [5, 5.41) is 13.9. The van der Waals surface area contributed by atoms with Crippen molar-refractivity contribution < 1.29 is 29.0 Å². The van der Waals surface area contributed by atoms with Gasteiger partial charge in [0.1, 0.15) is 13.2 Å². The summed E-state index contributed by atoms with van der Waals surface area (Å²) in [4.78, 5) is 34.5. The maximum absolute atomic E-state index is 12.3. The molecule has 2 aromatic rings. The third kappa shape index (κ3) is 6.31. The molecular formula is C24H28N2O6. The van der Waals surface area contributed by atoms with Crippen molar-refractivity contribution in [1.29, 1.82) is 0 Å². The van der Waals surface area contributed by atoms with Gasteiger partial charge >= 0.3 is 12.1 Å². The van der Waals surface area contributed by atoms with Crippen LogP contribution < -0.4 is 10.6 Å². The Morgan fingerprint density at radius 3 is 2.28 bits per heavy atom. The van der Waals surface area contributed by atoms with Gasteiger partial charge in [0.2, 0.25) is 5.91 Å². The highest BCUT2D eigenvalue weighted by atomic mass is 16.5. The molecule has 0 saturated carbocycles. The van der Waals surface area contributed by atoms with Gasteiger partial charge in [0, 0.05) is 24.9 Å². The van der Waals surface area contributed by atoms with Crippen LogP contribution in [0.15, 0.2) is 48.5 Å². The Kier molecular flexibility index (Phi) is 8.21. The zero-order chi connectivity index (χ0) is 22.9. The Labute approximate surface area is 186 Å². The van der Waals surface area contributed by atoms with Gasteiger partial charge in [0.15, 0.2) is 0 Å². The number of hydrogen-bond acceptors (Lipinski definition) is 5. The van der Waals surface area contributed by atoms with Crippen LogP contribution in [0.25, 0.3) is 11.1 Å². The minimum absolute atomic E-state index is 0.00224. The zero-order valence-electron chi connectivity index (χ0n) is 18.0. The molecule has 1 unspecified atom stereocenters. The SMILES string of the molecule is CC(CCC(=O)NCCOCC(=O)O)NC(=O)OCC1c2ccccc2-c2ccccc21. The fourth-order valence-electron chi connectivity index (χ4n) is 3.77. The first kappa shape index (κ1) is 23.3. The molecule has 3 rings (SSSR count). The van der Waals surface area contributed by atoms with E-state index in [1.807, 2.05) is 31.2 Å². The Bertz CT molecular complexity index is 916. The Hall–Kier alpha value is -3.39. The first-order valence-electron chi connectivity index (χ1n) is 10.6. The van der Waals surface area contributed by atoms with Crippen molar-refractivity contribution >= 4 is 18.0 Å². The summed E-state index contributed by atoms with van der Waals surface area (Å²) < 4.78 is 10.4. The lowest BCUT2D eigenvalue weighted by Gasteiger charge is -2.17. The third-order valence-electron chi connectivity index (χ3n) is 5.31. The van der Waals surface area contributed by atoms with Gasteiger partial charge < -0.3 is 25.2 Å². The minimum Gasteiger partial charge on any atom is -0.480 e. The van der Waals surface area contributed by atoms with Crippen LogP contribution in [0.5, 0.6) is 0 Å². The minimum atomic E-state index is -1.05. The highest BCUT2D eigenvalue weighted by Crippen LogP contribution is 2.44. The highest BCUT2D eigenvalue weighted by molar-refractivity contribution is 5.79.